The van der Waals surface area contributed by atoms with E-state index in [1.165, 1.54) is 16.4 Å². The number of carboxylic acids is 1. The number of nitrogens with zero attached hydrogens (tertiary/aromatic N) is 2. The molecule has 0 aromatic heterocycles. The standard InChI is InChI=1S/C14H18N2O4S/c1-3-16(11(2)10-14(17)18)21(19,20)13-6-4-12(5-7-13)8-9-15/h4-7,11H,3,8,10H2,1-2H3,(H,17,18). The number of carbonyl (C=O) groups is 1. The number of benzene rings is 1. The predicted molar refractivity (Wildman–Crippen MR) is 77.0 cm³/mol. The molecule has 7 heteroatoms. The van der Waals surface area contributed by atoms with Crippen molar-refractivity contribution in [2.24, 2.45) is 0 Å². The van der Waals surface area contributed by atoms with Gasteiger partial charge in [-0.05, 0) is 24.6 Å². The zero-order chi connectivity index (χ0) is 16.0. The van der Waals surface area contributed by atoms with Crippen LogP contribution >= 0.6 is 0 Å². The van der Waals surface area contributed by atoms with Crippen LogP contribution in [0, 0.1) is 11.3 Å². The Morgan fingerprint density at radius 2 is 1.95 bits per heavy atom. The molecule has 1 rings (SSSR count). The van der Waals surface area contributed by atoms with Gasteiger partial charge in [0.15, 0.2) is 0 Å². The molecule has 0 fully saturated rings. The highest BCUT2D eigenvalue weighted by molar-refractivity contribution is 7.89. The Hall–Kier alpha value is -1.91. The van der Waals surface area contributed by atoms with E-state index in [4.69, 9.17) is 10.4 Å². The fourth-order valence-electron chi connectivity index (χ4n) is 2.08. The van der Waals surface area contributed by atoms with Crippen LogP contribution in [0.2, 0.25) is 0 Å². The van der Waals surface area contributed by atoms with E-state index in [-0.39, 0.29) is 24.3 Å². The van der Waals surface area contributed by atoms with E-state index in [0.717, 1.165) is 5.56 Å². The minimum absolute atomic E-state index is 0.100. The second-order valence-corrected chi connectivity index (χ2v) is 6.52. The van der Waals surface area contributed by atoms with Gasteiger partial charge >= 0.3 is 5.97 Å². The summed E-state index contributed by atoms with van der Waals surface area (Å²) in [6.45, 7) is 3.43. The first-order chi connectivity index (χ1) is 9.82. The van der Waals surface area contributed by atoms with Crippen LogP contribution in [-0.2, 0) is 21.2 Å². The van der Waals surface area contributed by atoms with Gasteiger partial charge in [-0.1, -0.05) is 19.1 Å². The molecule has 1 N–H and O–H groups in total. The highest BCUT2D eigenvalue weighted by Crippen LogP contribution is 2.20. The van der Waals surface area contributed by atoms with Crippen molar-refractivity contribution in [1.82, 2.24) is 4.31 Å². The minimum Gasteiger partial charge on any atom is -0.481 e. The molecule has 0 heterocycles. The third kappa shape index (κ3) is 4.28. The lowest BCUT2D eigenvalue weighted by molar-refractivity contribution is -0.137. The topological polar surface area (TPSA) is 98.5 Å². The summed E-state index contributed by atoms with van der Waals surface area (Å²) in [6, 6.07) is 7.43. The minimum atomic E-state index is -3.74. The van der Waals surface area contributed by atoms with E-state index in [9.17, 15) is 13.2 Å². The van der Waals surface area contributed by atoms with E-state index in [1.54, 1.807) is 26.0 Å². The van der Waals surface area contributed by atoms with Gasteiger partial charge in [0.2, 0.25) is 10.0 Å². The van der Waals surface area contributed by atoms with Gasteiger partial charge in [-0.25, -0.2) is 8.42 Å². The number of aliphatic carboxylic acids is 1. The summed E-state index contributed by atoms with van der Waals surface area (Å²) in [6.07, 6.45) is -0.0349. The average Bonchev–Trinajstić information content (AvgIpc) is 2.39. The fourth-order valence-corrected chi connectivity index (χ4v) is 3.72. The van der Waals surface area contributed by atoms with Gasteiger partial charge in [0.1, 0.15) is 0 Å². The maximum absolute atomic E-state index is 12.5. The van der Waals surface area contributed by atoms with Crippen molar-refractivity contribution in [3.63, 3.8) is 0 Å². The predicted octanol–water partition coefficient (Wildman–Crippen LogP) is 1.63. The van der Waals surface area contributed by atoms with Gasteiger partial charge < -0.3 is 5.11 Å². The smallest absolute Gasteiger partial charge is 0.304 e. The van der Waals surface area contributed by atoms with Crippen LogP contribution in [0.1, 0.15) is 25.8 Å². The van der Waals surface area contributed by atoms with Crippen LogP contribution in [0.4, 0.5) is 0 Å². The maximum Gasteiger partial charge on any atom is 0.304 e. The van der Waals surface area contributed by atoms with Crippen LogP contribution in [-0.4, -0.2) is 36.4 Å². The molecule has 0 amide bonds. The van der Waals surface area contributed by atoms with Crippen LogP contribution in [0.25, 0.3) is 0 Å². The molecule has 1 aromatic rings. The SMILES string of the molecule is CCN(C(C)CC(=O)O)S(=O)(=O)c1ccc(CC#N)cc1. The summed E-state index contributed by atoms with van der Waals surface area (Å²) in [5.41, 5.74) is 0.734. The van der Waals surface area contributed by atoms with E-state index >= 15 is 0 Å². The Morgan fingerprint density at radius 3 is 2.38 bits per heavy atom. The molecular weight excluding hydrogens is 292 g/mol. The third-order valence-electron chi connectivity index (χ3n) is 3.09. The number of nitriles is 1. The van der Waals surface area contributed by atoms with E-state index < -0.39 is 22.0 Å². The number of rotatable bonds is 7. The number of hydrogen-bond acceptors (Lipinski definition) is 4. The molecule has 114 valence electrons. The average molecular weight is 310 g/mol. The Morgan fingerprint density at radius 1 is 1.38 bits per heavy atom. The zero-order valence-electron chi connectivity index (χ0n) is 12.0. The lowest BCUT2D eigenvalue weighted by Gasteiger charge is -2.26. The van der Waals surface area contributed by atoms with Crippen LogP contribution in [0.5, 0.6) is 0 Å². The Balaban J connectivity index is 3.07. The van der Waals surface area contributed by atoms with Crippen molar-refractivity contribution < 1.29 is 18.3 Å². The molecule has 0 aliphatic rings. The summed E-state index contributed by atoms with van der Waals surface area (Å²) < 4.78 is 26.2. The van der Waals surface area contributed by atoms with Gasteiger partial charge in [-0.3, -0.25) is 4.79 Å². The van der Waals surface area contributed by atoms with Crippen LogP contribution in [0.15, 0.2) is 29.2 Å². The van der Waals surface area contributed by atoms with Gasteiger partial charge in [-0.15, -0.1) is 0 Å². The lowest BCUT2D eigenvalue weighted by Crippen LogP contribution is -2.39. The highest BCUT2D eigenvalue weighted by Gasteiger charge is 2.28. The van der Waals surface area contributed by atoms with Crippen LogP contribution in [0.3, 0.4) is 0 Å². The molecule has 6 nitrogen and oxygen atoms in total. The molecule has 0 radical (unpaired) electrons. The van der Waals surface area contributed by atoms with E-state index in [0.29, 0.717) is 0 Å². The molecule has 0 saturated carbocycles. The fraction of sp³-hybridized carbons (Fsp3) is 0.429. The normalized spacial score (nSPS) is 12.9. The van der Waals surface area contributed by atoms with Gasteiger partial charge in [0.25, 0.3) is 0 Å². The van der Waals surface area contributed by atoms with Crippen LogP contribution < -0.4 is 0 Å². The Kier molecular flexibility index (Phi) is 5.88. The van der Waals surface area contributed by atoms with Crippen molar-refractivity contribution in [2.45, 2.75) is 37.6 Å². The Labute approximate surface area is 124 Å². The molecule has 21 heavy (non-hydrogen) atoms. The molecule has 0 aliphatic carbocycles. The van der Waals surface area contributed by atoms with Crippen molar-refractivity contribution in [3.05, 3.63) is 29.8 Å². The second-order valence-electron chi connectivity index (χ2n) is 4.63. The van der Waals surface area contributed by atoms with E-state index in [2.05, 4.69) is 0 Å². The summed E-state index contributed by atoms with van der Waals surface area (Å²) in [7, 11) is -3.74. The van der Waals surface area contributed by atoms with Crippen molar-refractivity contribution in [1.29, 1.82) is 5.26 Å². The number of sulfonamides is 1. The first-order valence-corrected chi connectivity index (χ1v) is 7.96. The van der Waals surface area contributed by atoms with Gasteiger partial charge in [0.05, 0.1) is 23.8 Å². The molecule has 1 atom stereocenters. The summed E-state index contributed by atoms with van der Waals surface area (Å²) >= 11 is 0. The maximum atomic E-state index is 12.5. The van der Waals surface area contributed by atoms with Crippen molar-refractivity contribution in [2.75, 3.05) is 6.54 Å². The largest absolute Gasteiger partial charge is 0.481 e. The van der Waals surface area contributed by atoms with E-state index in [1.807, 2.05) is 6.07 Å². The number of carboxylic acid groups (broad SMARTS) is 1. The van der Waals surface area contributed by atoms with Crippen molar-refractivity contribution in [3.8, 4) is 6.07 Å². The lowest BCUT2D eigenvalue weighted by atomic mass is 10.2. The molecule has 0 spiro atoms. The number of hydrogen-bond donors (Lipinski definition) is 1. The third-order valence-corrected chi connectivity index (χ3v) is 5.19. The molecule has 1 unspecified atom stereocenters. The quantitative estimate of drug-likeness (QED) is 0.825. The van der Waals surface area contributed by atoms with Gasteiger partial charge in [-0.2, -0.15) is 9.57 Å². The summed E-state index contributed by atoms with van der Waals surface area (Å²) in [4.78, 5) is 10.9. The molecule has 1 aromatic carbocycles. The highest BCUT2D eigenvalue weighted by atomic mass is 32.2. The summed E-state index contributed by atoms with van der Waals surface area (Å²) in [5.74, 6) is -1.04. The first kappa shape index (κ1) is 17.1. The molecular formula is C14H18N2O4S. The molecule has 0 saturated heterocycles. The molecule has 0 aliphatic heterocycles. The second kappa shape index (κ2) is 7.20. The Bertz CT molecular complexity index is 632. The van der Waals surface area contributed by atoms with Crippen molar-refractivity contribution >= 4 is 16.0 Å². The summed E-state index contributed by atoms with van der Waals surface area (Å²) in [5, 5.41) is 17.4. The zero-order valence-corrected chi connectivity index (χ0v) is 12.8. The molecule has 0 bridgehead atoms. The van der Waals surface area contributed by atoms with Gasteiger partial charge in [0, 0.05) is 12.6 Å². The monoisotopic (exact) mass is 310 g/mol. The first-order valence-electron chi connectivity index (χ1n) is 6.52.